The van der Waals surface area contributed by atoms with Crippen LogP contribution in [-0.2, 0) is 19.3 Å². The van der Waals surface area contributed by atoms with Gasteiger partial charge in [-0.2, -0.15) is 0 Å². The molecule has 0 N–H and O–H groups in total. The van der Waals surface area contributed by atoms with Crippen LogP contribution in [0, 0.1) is 0 Å². The lowest BCUT2D eigenvalue weighted by Crippen LogP contribution is -2.24. The van der Waals surface area contributed by atoms with Crippen LogP contribution in [0.4, 0.5) is 11.4 Å². The Kier molecular flexibility index (Phi) is 3.02. The van der Waals surface area contributed by atoms with Gasteiger partial charge in [0.1, 0.15) is 0 Å². The third-order valence-electron chi connectivity index (χ3n) is 4.96. The Hall–Kier alpha value is -2.87. The van der Waals surface area contributed by atoms with Gasteiger partial charge < -0.3 is 4.90 Å². The minimum atomic E-state index is 0.955. The van der Waals surface area contributed by atoms with Gasteiger partial charge >= 0.3 is 0 Å². The number of hydrogen-bond donors (Lipinski definition) is 0. The molecule has 2 aromatic carbocycles. The molecule has 2 aliphatic rings. The number of nitrogens with zero attached hydrogens (tertiary/aromatic N) is 2. The Morgan fingerprint density at radius 3 is 2.54 bits per heavy atom. The van der Waals surface area contributed by atoms with E-state index in [4.69, 9.17) is 0 Å². The van der Waals surface area contributed by atoms with E-state index in [0.717, 1.165) is 19.3 Å². The highest BCUT2D eigenvalue weighted by Gasteiger charge is 2.27. The van der Waals surface area contributed by atoms with Gasteiger partial charge in [0.05, 0.1) is 5.69 Å². The molecule has 24 heavy (non-hydrogen) atoms. The Morgan fingerprint density at radius 2 is 1.67 bits per heavy atom. The van der Waals surface area contributed by atoms with E-state index in [9.17, 15) is 0 Å². The molecule has 0 radical (unpaired) electrons. The van der Waals surface area contributed by atoms with Crippen molar-refractivity contribution in [2.45, 2.75) is 19.3 Å². The number of fused-ring (bicyclic) bond motifs is 2. The molecule has 0 unspecified atom stereocenters. The monoisotopic (exact) mass is 310 g/mol. The molecule has 2 aliphatic heterocycles. The molecule has 0 amide bonds. The summed E-state index contributed by atoms with van der Waals surface area (Å²) in [6, 6.07) is 19.7. The normalized spacial score (nSPS) is 14.7. The van der Waals surface area contributed by atoms with E-state index >= 15 is 0 Å². The zero-order valence-corrected chi connectivity index (χ0v) is 13.4. The molecule has 0 spiro atoms. The number of allylic oxidation sites excluding steroid dienone is 1. The summed E-state index contributed by atoms with van der Waals surface area (Å²) in [6.07, 6.45) is 9.16. The highest BCUT2D eigenvalue weighted by atomic mass is 15.1. The van der Waals surface area contributed by atoms with Gasteiger partial charge in [-0.05, 0) is 52.8 Å². The van der Waals surface area contributed by atoms with Crippen molar-refractivity contribution in [3.8, 4) is 0 Å². The van der Waals surface area contributed by atoms with Crippen LogP contribution in [0.2, 0.25) is 0 Å². The smallest absolute Gasteiger partial charge is 0.0526 e. The van der Waals surface area contributed by atoms with Crippen LogP contribution in [0.25, 0.3) is 0 Å². The molecule has 2 nitrogen and oxygen atoms in total. The van der Waals surface area contributed by atoms with E-state index in [1.54, 1.807) is 0 Å². The molecule has 0 saturated heterocycles. The highest BCUT2D eigenvalue weighted by molar-refractivity contribution is 5.80. The van der Waals surface area contributed by atoms with E-state index < -0.39 is 0 Å². The summed E-state index contributed by atoms with van der Waals surface area (Å²) in [6.45, 7) is 0. The molecule has 0 bridgehead atoms. The van der Waals surface area contributed by atoms with E-state index in [1.807, 2.05) is 18.5 Å². The Bertz CT molecular complexity index is 941. The van der Waals surface area contributed by atoms with Crippen LogP contribution in [-0.4, -0.2) is 4.98 Å². The number of aromatic nitrogens is 1. The van der Waals surface area contributed by atoms with E-state index in [1.165, 1.54) is 39.2 Å². The fraction of sp³-hybridized carbons (Fsp3) is 0.136. The average molecular weight is 310 g/mol. The summed E-state index contributed by atoms with van der Waals surface area (Å²) in [5.74, 6) is 0. The first kappa shape index (κ1) is 13.6. The lowest BCUT2D eigenvalue weighted by molar-refractivity contribution is 0.945. The number of pyridine rings is 1. The minimum Gasteiger partial charge on any atom is -0.316 e. The van der Waals surface area contributed by atoms with Crippen molar-refractivity contribution in [2.24, 2.45) is 0 Å². The van der Waals surface area contributed by atoms with Crippen molar-refractivity contribution in [3.63, 3.8) is 0 Å². The standard InChI is InChI=1S/C22H18N2/c1-2-9-21-18(6-1)13-20-8-3-7-19-12-17(15-24(21)22(19)20)11-16-5-4-10-23-14-16/h1-10,14-15H,11-13H2. The Balaban J connectivity index is 1.62. The van der Waals surface area contributed by atoms with Crippen LogP contribution >= 0.6 is 0 Å². The Labute approximate surface area is 142 Å². The summed E-state index contributed by atoms with van der Waals surface area (Å²) >= 11 is 0. The molecule has 3 heterocycles. The van der Waals surface area contributed by atoms with Crippen molar-refractivity contribution >= 4 is 11.4 Å². The second kappa shape index (κ2) is 5.34. The summed E-state index contributed by atoms with van der Waals surface area (Å²) in [7, 11) is 0. The third kappa shape index (κ3) is 2.15. The maximum atomic E-state index is 4.25. The first-order valence-corrected chi connectivity index (χ1v) is 8.45. The third-order valence-corrected chi connectivity index (χ3v) is 4.96. The quantitative estimate of drug-likeness (QED) is 0.675. The van der Waals surface area contributed by atoms with Gasteiger partial charge in [0, 0.05) is 30.7 Å². The summed E-state index contributed by atoms with van der Waals surface area (Å²) in [5, 5.41) is 0. The molecule has 0 fully saturated rings. The Morgan fingerprint density at radius 1 is 0.833 bits per heavy atom. The highest BCUT2D eigenvalue weighted by Crippen LogP contribution is 2.44. The van der Waals surface area contributed by atoms with Gasteiger partial charge in [0.15, 0.2) is 0 Å². The molecule has 116 valence electrons. The largest absolute Gasteiger partial charge is 0.316 e. The molecular weight excluding hydrogens is 292 g/mol. The number of benzene rings is 2. The number of anilines is 2. The maximum Gasteiger partial charge on any atom is 0.0526 e. The second-order valence-electron chi connectivity index (χ2n) is 6.60. The molecule has 0 atom stereocenters. The molecule has 0 saturated carbocycles. The van der Waals surface area contributed by atoms with Crippen LogP contribution in [0.3, 0.4) is 0 Å². The first-order chi connectivity index (χ1) is 11.9. The zero-order valence-electron chi connectivity index (χ0n) is 13.4. The SMILES string of the molecule is C1=C(Cc2cccnc2)Cc2cccc3c2N1c1ccccc1C3. The van der Waals surface area contributed by atoms with Gasteiger partial charge in [-0.15, -0.1) is 0 Å². The zero-order chi connectivity index (χ0) is 15.9. The fourth-order valence-corrected chi connectivity index (χ4v) is 3.94. The molecule has 2 heteroatoms. The predicted molar refractivity (Wildman–Crippen MR) is 97.6 cm³/mol. The minimum absolute atomic E-state index is 0.955. The average Bonchev–Trinajstić information content (AvgIpc) is 2.63. The number of hydrogen-bond acceptors (Lipinski definition) is 2. The fourth-order valence-electron chi connectivity index (χ4n) is 3.94. The number of rotatable bonds is 2. The molecule has 0 aliphatic carbocycles. The second-order valence-corrected chi connectivity index (χ2v) is 6.60. The number of para-hydroxylation sites is 2. The predicted octanol–water partition coefficient (Wildman–Crippen LogP) is 4.81. The molecule has 1 aromatic heterocycles. The van der Waals surface area contributed by atoms with Gasteiger partial charge in [0.2, 0.25) is 0 Å². The van der Waals surface area contributed by atoms with Crippen LogP contribution < -0.4 is 4.90 Å². The maximum absolute atomic E-state index is 4.25. The van der Waals surface area contributed by atoms with Crippen molar-refractivity contribution in [1.82, 2.24) is 4.98 Å². The molecule has 5 rings (SSSR count). The van der Waals surface area contributed by atoms with Gasteiger partial charge in [-0.3, -0.25) is 4.98 Å². The summed E-state index contributed by atoms with van der Waals surface area (Å²) in [5.41, 5.74) is 9.69. The van der Waals surface area contributed by atoms with Crippen LogP contribution in [0.5, 0.6) is 0 Å². The van der Waals surface area contributed by atoms with Crippen molar-refractivity contribution in [3.05, 3.63) is 101 Å². The van der Waals surface area contributed by atoms with E-state index in [-0.39, 0.29) is 0 Å². The molecule has 3 aromatic rings. The van der Waals surface area contributed by atoms with E-state index in [0.29, 0.717) is 0 Å². The van der Waals surface area contributed by atoms with Gasteiger partial charge in [-0.1, -0.05) is 42.5 Å². The lowest BCUT2D eigenvalue weighted by Gasteiger charge is -2.36. The van der Waals surface area contributed by atoms with Gasteiger partial charge in [-0.25, -0.2) is 0 Å². The van der Waals surface area contributed by atoms with Crippen molar-refractivity contribution < 1.29 is 0 Å². The molecular formula is C22H18N2. The topological polar surface area (TPSA) is 16.1 Å². The summed E-state index contributed by atoms with van der Waals surface area (Å²) in [4.78, 5) is 6.66. The summed E-state index contributed by atoms with van der Waals surface area (Å²) < 4.78 is 0. The van der Waals surface area contributed by atoms with E-state index in [2.05, 4.69) is 64.6 Å². The van der Waals surface area contributed by atoms with Crippen LogP contribution in [0.1, 0.15) is 22.3 Å². The van der Waals surface area contributed by atoms with Gasteiger partial charge in [0.25, 0.3) is 0 Å². The van der Waals surface area contributed by atoms with Crippen molar-refractivity contribution in [1.29, 1.82) is 0 Å². The van der Waals surface area contributed by atoms with Crippen molar-refractivity contribution in [2.75, 3.05) is 4.90 Å². The first-order valence-electron chi connectivity index (χ1n) is 8.45. The van der Waals surface area contributed by atoms with Crippen LogP contribution in [0.15, 0.2) is 78.8 Å². The lowest BCUT2D eigenvalue weighted by atomic mass is 9.87.